The zero-order chi connectivity index (χ0) is 19.4. The fraction of sp³-hybridized carbons (Fsp3) is 0.474. The number of amides is 2. The predicted molar refractivity (Wildman–Crippen MR) is 94.7 cm³/mol. The van der Waals surface area contributed by atoms with Gasteiger partial charge in [-0.1, -0.05) is 12.5 Å². The Hall–Kier alpha value is -2.48. The first-order valence-corrected chi connectivity index (χ1v) is 9.14. The molecule has 1 saturated heterocycles. The molecule has 146 valence electrons. The maximum Gasteiger partial charge on any atom is 0.338 e. The number of nitrogens with zero attached hydrogens (tertiary/aromatic N) is 1. The molecule has 1 fully saturated rings. The largest absolute Gasteiger partial charge is 0.463 e. The van der Waals surface area contributed by atoms with Gasteiger partial charge in [0.05, 0.1) is 18.2 Å². The molecule has 0 saturated carbocycles. The Balaban J connectivity index is 2.00. The predicted octanol–water partition coefficient (Wildman–Crippen LogP) is 2.62. The number of ether oxygens (including phenoxy) is 1. The fourth-order valence-electron chi connectivity index (χ4n) is 3.48. The summed E-state index contributed by atoms with van der Waals surface area (Å²) >= 11 is 0. The summed E-state index contributed by atoms with van der Waals surface area (Å²) < 4.78 is 32.2. The molecule has 2 amide bonds. The number of piperidine rings is 1. The van der Waals surface area contributed by atoms with Gasteiger partial charge in [0.25, 0.3) is 0 Å². The summed E-state index contributed by atoms with van der Waals surface area (Å²) in [4.78, 5) is 27.0. The standard InChI is InChI=1S/C19H23F2N3O3/c1-2-27-18(25)16-15(11-24-8-4-3-5-9-24)22-19(26)23-17(16)12-6-7-13(20)14(21)10-12/h6-7,10,17H,2-5,8-9,11H2,1H3,(H2,22,23,26). The van der Waals surface area contributed by atoms with E-state index >= 15 is 0 Å². The van der Waals surface area contributed by atoms with Gasteiger partial charge in [-0.2, -0.15) is 0 Å². The van der Waals surface area contributed by atoms with Crippen molar-refractivity contribution < 1.29 is 23.1 Å². The summed E-state index contributed by atoms with van der Waals surface area (Å²) in [6, 6.07) is 1.92. The van der Waals surface area contributed by atoms with Crippen LogP contribution in [0.2, 0.25) is 0 Å². The van der Waals surface area contributed by atoms with E-state index in [1.54, 1.807) is 6.92 Å². The smallest absolute Gasteiger partial charge is 0.338 e. The van der Waals surface area contributed by atoms with Crippen molar-refractivity contribution in [1.29, 1.82) is 0 Å². The van der Waals surface area contributed by atoms with Crippen LogP contribution in [0.4, 0.5) is 13.6 Å². The fourth-order valence-corrected chi connectivity index (χ4v) is 3.48. The van der Waals surface area contributed by atoms with Crippen molar-refractivity contribution in [2.24, 2.45) is 0 Å². The molecule has 1 aromatic rings. The molecule has 0 radical (unpaired) electrons. The van der Waals surface area contributed by atoms with Crippen LogP contribution in [0.25, 0.3) is 0 Å². The minimum Gasteiger partial charge on any atom is -0.463 e. The van der Waals surface area contributed by atoms with E-state index < -0.39 is 29.7 Å². The molecule has 2 heterocycles. The quantitative estimate of drug-likeness (QED) is 0.772. The second-order valence-electron chi connectivity index (χ2n) is 6.65. The Bertz CT molecular complexity index is 761. The first-order chi connectivity index (χ1) is 13.0. The molecule has 0 spiro atoms. The molecule has 1 aromatic carbocycles. The van der Waals surface area contributed by atoms with Crippen LogP contribution in [0.5, 0.6) is 0 Å². The zero-order valence-electron chi connectivity index (χ0n) is 15.2. The van der Waals surface area contributed by atoms with E-state index in [1.807, 2.05) is 0 Å². The number of nitrogens with one attached hydrogen (secondary N) is 2. The normalized spacial score (nSPS) is 20.9. The molecular formula is C19H23F2N3O3. The van der Waals surface area contributed by atoms with E-state index in [9.17, 15) is 18.4 Å². The van der Waals surface area contributed by atoms with Gasteiger partial charge in [-0.3, -0.25) is 4.90 Å². The number of halogens is 2. The third-order valence-corrected chi connectivity index (χ3v) is 4.76. The highest BCUT2D eigenvalue weighted by molar-refractivity contribution is 5.95. The average Bonchev–Trinajstić information content (AvgIpc) is 2.64. The summed E-state index contributed by atoms with van der Waals surface area (Å²) in [6.45, 7) is 3.99. The van der Waals surface area contributed by atoms with Gasteiger partial charge in [-0.05, 0) is 50.6 Å². The molecule has 2 N–H and O–H groups in total. The lowest BCUT2D eigenvalue weighted by molar-refractivity contribution is -0.139. The first kappa shape index (κ1) is 19.3. The number of esters is 1. The molecule has 2 aliphatic heterocycles. The number of carbonyl (C=O) groups is 2. The van der Waals surface area contributed by atoms with Gasteiger partial charge in [0.15, 0.2) is 11.6 Å². The molecule has 0 aliphatic carbocycles. The minimum atomic E-state index is -1.04. The molecule has 6 nitrogen and oxygen atoms in total. The Labute approximate surface area is 156 Å². The Kier molecular flexibility index (Phi) is 6.05. The third-order valence-electron chi connectivity index (χ3n) is 4.76. The molecule has 0 aromatic heterocycles. The number of benzene rings is 1. The molecule has 0 bridgehead atoms. The van der Waals surface area contributed by atoms with Crippen LogP contribution >= 0.6 is 0 Å². The lowest BCUT2D eigenvalue weighted by atomic mass is 9.94. The highest BCUT2D eigenvalue weighted by Gasteiger charge is 2.34. The van der Waals surface area contributed by atoms with E-state index in [1.165, 1.54) is 6.07 Å². The lowest BCUT2D eigenvalue weighted by Crippen LogP contribution is -2.49. The topological polar surface area (TPSA) is 70.7 Å². The van der Waals surface area contributed by atoms with E-state index in [2.05, 4.69) is 15.5 Å². The number of likely N-dealkylation sites (tertiary alicyclic amines) is 1. The van der Waals surface area contributed by atoms with Crippen molar-refractivity contribution in [2.45, 2.75) is 32.2 Å². The van der Waals surface area contributed by atoms with Crippen molar-refractivity contribution in [1.82, 2.24) is 15.5 Å². The van der Waals surface area contributed by atoms with Gasteiger partial charge in [0.2, 0.25) is 0 Å². The number of urea groups is 1. The van der Waals surface area contributed by atoms with Crippen molar-refractivity contribution >= 4 is 12.0 Å². The Morgan fingerprint density at radius 2 is 1.96 bits per heavy atom. The minimum absolute atomic E-state index is 0.164. The van der Waals surface area contributed by atoms with E-state index in [0.717, 1.165) is 44.5 Å². The molecule has 8 heteroatoms. The first-order valence-electron chi connectivity index (χ1n) is 9.14. The molecule has 1 atom stereocenters. The zero-order valence-corrected chi connectivity index (χ0v) is 15.2. The summed E-state index contributed by atoms with van der Waals surface area (Å²) in [5.74, 6) is -2.62. The van der Waals surface area contributed by atoms with Gasteiger partial charge < -0.3 is 15.4 Å². The van der Waals surface area contributed by atoms with Gasteiger partial charge in [0, 0.05) is 12.2 Å². The van der Waals surface area contributed by atoms with Crippen molar-refractivity contribution in [3.8, 4) is 0 Å². The van der Waals surface area contributed by atoms with Crippen LogP contribution < -0.4 is 10.6 Å². The maximum atomic E-state index is 13.7. The van der Waals surface area contributed by atoms with Crippen LogP contribution in [0, 0.1) is 11.6 Å². The van der Waals surface area contributed by atoms with Crippen LogP contribution in [-0.4, -0.2) is 43.1 Å². The van der Waals surface area contributed by atoms with Crippen LogP contribution in [0.1, 0.15) is 37.8 Å². The van der Waals surface area contributed by atoms with Crippen LogP contribution in [0.3, 0.4) is 0 Å². The molecule has 1 unspecified atom stereocenters. The molecular weight excluding hydrogens is 356 g/mol. The van der Waals surface area contributed by atoms with Gasteiger partial charge in [-0.15, -0.1) is 0 Å². The van der Waals surface area contributed by atoms with E-state index in [0.29, 0.717) is 12.2 Å². The van der Waals surface area contributed by atoms with E-state index in [-0.39, 0.29) is 17.7 Å². The number of hydrogen-bond acceptors (Lipinski definition) is 4. The SMILES string of the molecule is CCOC(=O)C1=C(CN2CCCCC2)NC(=O)NC1c1ccc(F)c(F)c1. The van der Waals surface area contributed by atoms with E-state index in [4.69, 9.17) is 4.74 Å². The van der Waals surface area contributed by atoms with Gasteiger partial charge in [0.1, 0.15) is 0 Å². The van der Waals surface area contributed by atoms with Crippen molar-refractivity contribution in [3.63, 3.8) is 0 Å². The van der Waals surface area contributed by atoms with Gasteiger partial charge >= 0.3 is 12.0 Å². The summed E-state index contributed by atoms with van der Waals surface area (Å²) in [7, 11) is 0. The highest BCUT2D eigenvalue weighted by atomic mass is 19.2. The van der Waals surface area contributed by atoms with Crippen LogP contribution in [0.15, 0.2) is 29.5 Å². The van der Waals surface area contributed by atoms with Crippen molar-refractivity contribution in [3.05, 3.63) is 46.7 Å². The lowest BCUT2D eigenvalue weighted by Gasteiger charge is -2.33. The molecule has 27 heavy (non-hydrogen) atoms. The summed E-state index contributed by atoms with van der Waals surface area (Å²) in [5.41, 5.74) is 0.935. The monoisotopic (exact) mass is 379 g/mol. The highest BCUT2D eigenvalue weighted by Crippen LogP contribution is 2.29. The van der Waals surface area contributed by atoms with Crippen molar-refractivity contribution in [2.75, 3.05) is 26.2 Å². The summed E-state index contributed by atoms with van der Waals surface area (Å²) in [6.07, 6.45) is 3.27. The maximum absolute atomic E-state index is 13.7. The second-order valence-corrected chi connectivity index (χ2v) is 6.65. The third kappa shape index (κ3) is 4.44. The number of carbonyl (C=O) groups excluding carboxylic acids is 2. The van der Waals surface area contributed by atoms with Crippen LogP contribution in [-0.2, 0) is 9.53 Å². The summed E-state index contributed by atoms with van der Waals surface area (Å²) in [5, 5.41) is 5.32. The second kappa shape index (κ2) is 8.47. The Morgan fingerprint density at radius 3 is 2.63 bits per heavy atom. The molecule has 3 rings (SSSR count). The average molecular weight is 379 g/mol. The van der Waals surface area contributed by atoms with Gasteiger partial charge in [-0.25, -0.2) is 18.4 Å². The number of hydrogen-bond donors (Lipinski definition) is 2. The number of rotatable bonds is 5. The molecule has 2 aliphatic rings. The Morgan fingerprint density at radius 1 is 1.22 bits per heavy atom.